The molecular weight excluding hydrogens is 272 g/mol. The van der Waals surface area contributed by atoms with Crippen LogP contribution in [0, 0.1) is 0 Å². The van der Waals surface area contributed by atoms with Crippen molar-refractivity contribution in [2.75, 3.05) is 14.1 Å². The topological polar surface area (TPSA) is 81.1 Å². The van der Waals surface area contributed by atoms with Crippen LogP contribution in [0.5, 0.6) is 0 Å². The molecule has 6 nitrogen and oxygen atoms in total. The highest BCUT2D eigenvalue weighted by molar-refractivity contribution is 6.01. The van der Waals surface area contributed by atoms with Gasteiger partial charge in [0.25, 0.3) is 0 Å². The van der Waals surface area contributed by atoms with Gasteiger partial charge in [-0.2, -0.15) is 0 Å². The number of aromatic carboxylic acids is 2. The van der Waals surface area contributed by atoms with Crippen LogP contribution < -0.4 is 0 Å². The molecule has 1 heterocycles. The molecule has 1 aromatic carbocycles. The van der Waals surface area contributed by atoms with E-state index in [-0.39, 0.29) is 11.1 Å². The molecule has 21 heavy (non-hydrogen) atoms. The third-order valence-electron chi connectivity index (χ3n) is 3.23. The molecule has 2 N–H and O–H groups in total. The van der Waals surface area contributed by atoms with Crippen LogP contribution in [0.15, 0.2) is 36.7 Å². The van der Waals surface area contributed by atoms with Gasteiger partial charge in [0, 0.05) is 26.5 Å². The van der Waals surface area contributed by atoms with Gasteiger partial charge in [-0.25, -0.2) is 9.59 Å². The number of benzene rings is 1. The highest BCUT2D eigenvalue weighted by Gasteiger charge is 2.16. The number of nitrogens with zero attached hydrogens (tertiary/aromatic N) is 2. The van der Waals surface area contributed by atoms with Gasteiger partial charge in [0.05, 0.1) is 17.3 Å². The second kappa shape index (κ2) is 7.33. The molecule has 0 bridgehead atoms. The number of carboxylic acids is 2. The standard InChI is InChI=1S/C8H6O4.C7H14N2/c9-7(10)5-3-1-2-4-6(5)8(11)12;1-4-7-8(2)5-6-9(7)3/h1-4H,(H,9,10)(H,11,12);5-7H,4H2,1-3H3. The van der Waals surface area contributed by atoms with Crippen molar-refractivity contribution < 1.29 is 19.8 Å². The molecule has 0 aromatic heterocycles. The molecule has 6 heteroatoms. The lowest BCUT2D eigenvalue weighted by Gasteiger charge is -2.25. The molecule has 0 unspecified atom stereocenters. The molecule has 2 rings (SSSR count). The maximum Gasteiger partial charge on any atom is 0.336 e. The summed E-state index contributed by atoms with van der Waals surface area (Å²) in [6.45, 7) is 2.20. The van der Waals surface area contributed by atoms with Crippen LogP contribution in [0.1, 0.15) is 34.1 Å². The summed E-state index contributed by atoms with van der Waals surface area (Å²) in [5, 5.41) is 17.1. The molecule has 114 valence electrons. The first-order chi connectivity index (χ1) is 9.88. The normalized spacial score (nSPS) is 13.9. The van der Waals surface area contributed by atoms with Crippen molar-refractivity contribution in [3.05, 3.63) is 47.8 Å². The Hall–Kier alpha value is -2.50. The van der Waals surface area contributed by atoms with Crippen LogP contribution in [0.2, 0.25) is 0 Å². The Kier molecular flexibility index (Phi) is 5.78. The fourth-order valence-corrected chi connectivity index (χ4v) is 2.13. The van der Waals surface area contributed by atoms with E-state index < -0.39 is 11.9 Å². The highest BCUT2D eigenvalue weighted by atomic mass is 16.4. The first-order valence-corrected chi connectivity index (χ1v) is 6.56. The molecule has 0 amide bonds. The highest BCUT2D eigenvalue weighted by Crippen LogP contribution is 2.13. The van der Waals surface area contributed by atoms with Crippen molar-refractivity contribution in [1.82, 2.24) is 9.80 Å². The van der Waals surface area contributed by atoms with E-state index >= 15 is 0 Å². The molecule has 0 radical (unpaired) electrons. The Morgan fingerprint density at radius 1 is 1.00 bits per heavy atom. The summed E-state index contributed by atoms with van der Waals surface area (Å²) in [5.41, 5.74) is -0.380. The number of hydrogen-bond acceptors (Lipinski definition) is 4. The summed E-state index contributed by atoms with van der Waals surface area (Å²) in [5.74, 6) is -2.46. The van der Waals surface area contributed by atoms with Crippen molar-refractivity contribution >= 4 is 11.9 Å². The number of hydrogen-bond donors (Lipinski definition) is 2. The van der Waals surface area contributed by atoms with Crippen LogP contribution in [0.25, 0.3) is 0 Å². The molecule has 0 saturated heterocycles. The van der Waals surface area contributed by atoms with Gasteiger partial charge in [0.15, 0.2) is 0 Å². The van der Waals surface area contributed by atoms with Crippen molar-refractivity contribution in [2.45, 2.75) is 19.5 Å². The lowest BCUT2D eigenvalue weighted by molar-refractivity contribution is 0.0651. The number of carboxylic acid groups (broad SMARTS) is 2. The van der Waals surface area contributed by atoms with Gasteiger partial charge < -0.3 is 20.0 Å². The summed E-state index contributed by atoms with van der Waals surface area (Å²) in [4.78, 5) is 25.4. The molecule has 0 atom stereocenters. The van der Waals surface area contributed by atoms with E-state index in [9.17, 15) is 9.59 Å². The smallest absolute Gasteiger partial charge is 0.336 e. The summed E-state index contributed by atoms with van der Waals surface area (Å²) in [6.07, 6.45) is 5.98. The van der Waals surface area contributed by atoms with Crippen molar-refractivity contribution in [2.24, 2.45) is 0 Å². The van der Waals surface area contributed by atoms with E-state index in [4.69, 9.17) is 10.2 Å². The minimum atomic E-state index is -1.23. The number of carbonyl (C=O) groups is 2. The van der Waals surface area contributed by atoms with Gasteiger partial charge in [-0.1, -0.05) is 19.1 Å². The van der Waals surface area contributed by atoms with Gasteiger partial charge >= 0.3 is 11.9 Å². The third-order valence-corrected chi connectivity index (χ3v) is 3.23. The largest absolute Gasteiger partial charge is 0.478 e. The first-order valence-electron chi connectivity index (χ1n) is 6.56. The fourth-order valence-electron chi connectivity index (χ4n) is 2.13. The molecule has 1 aliphatic heterocycles. The van der Waals surface area contributed by atoms with Gasteiger partial charge in [-0.15, -0.1) is 0 Å². The van der Waals surface area contributed by atoms with Crippen LogP contribution in [-0.4, -0.2) is 52.2 Å². The summed E-state index contributed by atoms with van der Waals surface area (Å²) in [7, 11) is 4.21. The van der Waals surface area contributed by atoms with Crippen LogP contribution in [-0.2, 0) is 0 Å². The minimum absolute atomic E-state index is 0.190. The lowest BCUT2D eigenvalue weighted by Crippen LogP contribution is -2.32. The van der Waals surface area contributed by atoms with E-state index in [0.717, 1.165) is 0 Å². The van der Waals surface area contributed by atoms with E-state index in [1.165, 1.54) is 30.7 Å². The Bertz CT molecular complexity index is 497. The first kappa shape index (κ1) is 16.6. The third kappa shape index (κ3) is 4.24. The van der Waals surface area contributed by atoms with E-state index in [0.29, 0.717) is 6.17 Å². The Morgan fingerprint density at radius 3 is 1.62 bits per heavy atom. The average molecular weight is 292 g/mol. The van der Waals surface area contributed by atoms with Crippen LogP contribution in [0.4, 0.5) is 0 Å². The average Bonchev–Trinajstić information content (AvgIpc) is 2.78. The monoisotopic (exact) mass is 292 g/mol. The summed E-state index contributed by atoms with van der Waals surface area (Å²) in [6, 6.07) is 5.48. The zero-order chi connectivity index (χ0) is 16.0. The molecule has 0 fully saturated rings. The molecule has 1 aromatic rings. The molecule has 1 aliphatic rings. The Labute approximate surface area is 123 Å². The molecular formula is C15H20N2O4. The van der Waals surface area contributed by atoms with Gasteiger partial charge in [-0.3, -0.25) is 0 Å². The van der Waals surface area contributed by atoms with Crippen molar-refractivity contribution in [3.8, 4) is 0 Å². The summed E-state index contributed by atoms with van der Waals surface area (Å²) >= 11 is 0. The second-order valence-electron chi connectivity index (χ2n) is 4.67. The molecule has 0 aliphatic carbocycles. The van der Waals surface area contributed by atoms with Crippen LogP contribution >= 0.6 is 0 Å². The molecule has 0 spiro atoms. The maximum absolute atomic E-state index is 10.5. The Balaban J connectivity index is 0.000000219. The quantitative estimate of drug-likeness (QED) is 0.888. The minimum Gasteiger partial charge on any atom is -0.478 e. The van der Waals surface area contributed by atoms with Crippen molar-refractivity contribution in [1.29, 1.82) is 0 Å². The zero-order valence-corrected chi connectivity index (χ0v) is 12.4. The van der Waals surface area contributed by atoms with E-state index in [2.05, 4.69) is 43.2 Å². The SMILES string of the molecule is CCC1N(C)C=CN1C.O=C(O)c1ccccc1C(=O)O. The predicted octanol–water partition coefficient (Wildman–Crippen LogP) is 2.15. The lowest BCUT2D eigenvalue weighted by atomic mass is 10.1. The van der Waals surface area contributed by atoms with E-state index in [1.807, 2.05) is 0 Å². The van der Waals surface area contributed by atoms with Gasteiger partial charge in [-0.05, 0) is 18.6 Å². The van der Waals surface area contributed by atoms with Crippen molar-refractivity contribution in [3.63, 3.8) is 0 Å². The Morgan fingerprint density at radius 2 is 1.38 bits per heavy atom. The fraction of sp³-hybridized carbons (Fsp3) is 0.333. The van der Waals surface area contributed by atoms with Crippen LogP contribution in [0.3, 0.4) is 0 Å². The van der Waals surface area contributed by atoms with Gasteiger partial charge in [0.2, 0.25) is 0 Å². The maximum atomic E-state index is 10.5. The predicted molar refractivity (Wildman–Crippen MR) is 79.1 cm³/mol. The second-order valence-corrected chi connectivity index (χ2v) is 4.67. The zero-order valence-electron chi connectivity index (χ0n) is 12.4. The number of rotatable bonds is 3. The summed E-state index contributed by atoms with van der Waals surface area (Å²) < 4.78 is 0. The van der Waals surface area contributed by atoms with E-state index in [1.54, 1.807) is 0 Å². The molecule has 0 saturated carbocycles. The van der Waals surface area contributed by atoms with Gasteiger partial charge in [0.1, 0.15) is 0 Å².